The summed E-state index contributed by atoms with van der Waals surface area (Å²) in [5.41, 5.74) is 1.89. The highest BCUT2D eigenvalue weighted by atomic mass is 28.4. The van der Waals surface area contributed by atoms with Crippen molar-refractivity contribution in [3.63, 3.8) is 0 Å². The van der Waals surface area contributed by atoms with Crippen LogP contribution in [0, 0.1) is 0 Å². The number of rotatable bonds is 15. The van der Waals surface area contributed by atoms with Crippen LogP contribution in [0.1, 0.15) is 11.1 Å². The molecule has 11 nitrogen and oxygen atoms in total. The topological polar surface area (TPSA) is 124 Å². The van der Waals surface area contributed by atoms with Crippen molar-refractivity contribution in [2.75, 3.05) is 6.61 Å². The molecule has 2 heterocycles. The van der Waals surface area contributed by atoms with Gasteiger partial charge in [-0.05, 0) is 70.1 Å². The molecule has 2 aromatic carbocycles. The number of aliphatic hydroxyl groups is 1. The van der Waals surface area contributed by atoms with E-state index >= 15 is 0 Å². The molecule has 1 fully saturated rings. The summed E-state index contributed by atoms with van der Waals surface area (Å²) in [6, 6.07) is 19.4. The van der Waals surface area contributed by atoms with E-state index in [0.717, 1.165) is 11.1 Å². The van der Waals surface area contributed by atoms with Crippen molar-refractivity contribution in [1.82, 2.24) is 15.0 Å². The maximum atomic E-state index is 11.6. The zero-order valence-electron chi connectivity index (χ0n) is 28.4. The average Bonchev–Trinajstić information content (AvgIpc) is 2.97. The Morgan fingerprint density at radius 3 is 1.54 bits per heavy atom. The molecule has 4 rings (SSSR count). The SMILES string of the molecule is C[Si](C)(C)OC[C@H]1O[C@@H](Oc2nc(OCc3ccccc3)nc(OCc3ccccc3)n2)[C@H](O[Si](C)(C)C)[C@@H](O[Si](C)(C)C)[C@@H]1O. The van der Waals surface area contributed by atoms with Crippen LogP contribution in [0.4, 0.5) is 0 Å². The summed E-state index contributed by atoms with van der Waals surface area (Å²) in [4.78, 5) is 13.3. The number of benzene rings is 2. The highest BCUT2D eigenvalue weighted by Crippen LogP contribution is 2.32. The Balaban J connectivity index is 1.67. The van der Waals surface area contributed by atoms with Gasteiger partial charge in [-0.25, -0.2) is 0 Å². The van der Waals surface area contributed by atoms with Crippen LogP contribution in [-0.4, -0.2) is 82.3 Å². The minimum Gasteiger partial charge on any atom is -0.458 e. The first-order valence-corrected chi connectivity index (χ1v) is 25.9. The van der Waals surface area contributed by atoms with Gasteiger partial charge in [0.15, 0.2) is 25.0 Å². The van der Waals surface area contributed by atoms with E-state index in [1.807, 2.05) is 60.7 Å². The Kier molecular flexibility index (Phi) is 12.2. The van der Waals surface area contributed by atoms with Crippen LogP contribution in [0.25, 0.3) is 0 Å². The van der Waals surface area contributed by atoms with Gasteiger partial charge in [0, 0.05) is 0 Å². The molecule has 3 aromatic rings. The van der Waals surface area contributed by atoms with Crippen molar-refractivity contribution in [1.29, 1.82) is 0 Å². The van der Waals surface area contributed by atoms with Gasteiger partial charge in [0.05, 0.1) is 6.61 Å². The smallest absolute Gasteiger partial charge is 0.328 e. The van der Waals surface area contributed by atoms with Gasteiger partial charge >= 0.3 is 18.0 Å². The lowest BCUT2D eigenvalue weighted by molar-refractivity contribution is -0.270. The van der Waals surface area contributed by atoms with Crippen molar-refractivity contribution < 1.29 is 37.3 Å². The molecule has 0 aliphatic carbocycles. The number of nitrogens with zero attached hydrogens (tertiary/aromatic N) is 3. The van der Waals surface area contributed by atoms with Gasteiger partial charge < -0.3 is 37.3 Å². The molecule has 0 amide bonds. The lowest BCUT2D eigenvalue weighted by atomic mass is 9.99. The second kappa shape index (κ2) is 15.5. The van der Waals surface area contributed by atoms with E-state index in [1.165, 1.54) is 0 Å². The van der Waals surface area contributed by atoms with Crippen molar-refractivity contribution in [3.05, 3.63) is 71.8 Å². The van der Waals surface area contributed by atoms with E-state index in [0.29, 0.717) is 0 Å². The van der Waals surface area contributed by atoms with Crippen LogP contribution < -0.4 is 14.2 Å². The minimum atomic E-state index is -2.21. The molecule has 46 heavy (non-hydrogen) atoms. The molecule has 0 spiro atoms. The molecule has 1 N–H and O–H groups in total. The Bertz CT molecular complexity index is 1310. The monoisotopic (exact) mass is 687 g/mol. The maximum Gasteiger partial charge on any atom is 0.328 e. The van der Waals surface area contributed by atoms with E-state index in [4.69, 9.17) is 32.2 Å². The minimum absolute atomic E-state index is 0.0314. The van der Waals surface area contributed by atoms with E-state index in [-0.39, 0.29) is 37.9 Å². The van der Waals surface area contributed by atoms with E-state index in [2.05, 4.69) is 73.9 Å². The third kappa shape index (κ3) is 11.8. The first kappa shape index (κ1) is 36.1. The fraction of sp³-hybridized carbons (Fsp3) is 0.531. The Labute approximate surface area is 276 Å². The molecule has 252 valence electrons. The van der Waals surface area contributed by atoms with Crippen LogP contribution in [-0.2, 0) is 31.2 Å². The highest BCUT2D eigenvalue weighted by molar-refractivity contribution is 6.70. The maximum absolute atomic E-state index is 11.6. The van der Waals surface area contributed by atoms with Crippen molar-refractivity contribution in [2.45, 2.75) is 103 Å². The first-order valence-electron chi connectivity index (χ1n) is 15.6. The first-order chi connectivity index (χ1) is 21.5. The fourth-order valence-corrected chi connectivity index (χ4v) is 7.40. The van der Waals surface area contributed by atoms with Crippen molar-refractivity contribution in [2.24, 2.45) is 0 Å². The van der Waals surface area contributed by atoms with Gasteiger partial charge in [0.25, 0.3) is 0 Å². The molecule has 5 atom stereocenters. The molecule has 0 saturated carbocycles. The number of aliphatic hydroxyl groups excluding tert-OH is 1. The summed E-state index contributed by atoms with van der Waals surface area (Å²) in [7, 11) is -6.31. The standard InChI is InChI=1S/C32H49N3O8Si3/c1-44(2,3)39-22-25-26(36)27(42-45(4,5)6)28(43-46(7,8)9)29(40-25)41-32-34-30(37-20-23-16-12-10-13-17-23)33-31(35-32)38-21-24-18-14-11-15-19-24/h10-19,25-29,36H,20-22H2,1-9H3/t25-,26-,27+,28-,29+/m1/s1. The van der Waals surface area contributed by atoms with Crippen LogP contribution in [0.2, 0.25) is 58.9 Å². The summed E-state index contributed by atoms with van der Waals surface area (Å²) in [5.74, 6) is 0. The fourth-order valence-electron chi connectivity index (χ4n) is 4.58. The molecule has 0 unspecified atom stereocenters. The van der Waals surface area contributed by atoms with Gasteiger partial charge in [0.1, 0.15) is 37.6 Å². The largest absolute Gasteiger partial charge is 0.458 e. The van der Waals surface area contributed by atoms with Gasteiger partial charge in [-0.2, -0.15) is 0 Å². The van der Waals surface area contributed by atoms with Crippen molar-refractivity contribution in [3.8, 4) is 18.0 Å². The Morgan fingerprint density at radius 2 is 1.09 bits per heavy atom. The Hall–Kier alpha value is -2.70. The van der Waals surface area contributed by atoms with Crippen LogP contribution in [0.15, 0.2) is 60.7 Å². The number of hydrogen-bond donors (Lipinski definition) is 1. The van der Waals surface area contributed by atoms with E-state index in [9.17, 15) is 5.11 Å². The average molecular weight is 688 g/mol. The van der Waals surface area contributed by atoms with Gasteiger partial charge in [-0.15, -0.1) is 15.0 Å². The molecule has 1 saturated heterocycles. The normalized spacial score (nSPS) is 22.3. The zero-order chi connectivity index (χ0) is 33.5. The number of ether oxygens (including phenoxy) is 4. The lowest BCUT2D eigenvalue weighted by Gasteiger charge is -2.47. The third-order valence-corrected chi connectivity index (χ3v) is 9.49. The highest BCUT2D eigenvalue weighted by Gasteiger charge is 2.51. The predicted octanol–water partition coefficient (Wildman–Crippen LogP) is 5.79. The molecular formula is C32H49N3O8Si3. The molecule has 14 heteroatoms. The van der Waals surface area contributed by atoms with E-state index in [1.54, 1.807) is 0 Å². The van der Waals surface area contributed by atoms with Crippen LogP contribution in [0.5, 0.6) is 18.0 Å². The molecule has 0 bridgehead atoms. The molecule has 1 aliphatic heterocycles. The molecule has 1 aromatic heterocycles. The number of aromatic nitrogens is 3. The summed E-state index contributed by atoms with van der Waals surface area (Å²) >= 11 is 0. The van der Waals surface area contributed by atoms with Gasteiger partial charge in [-0.3, -0.25) is 0 Å². The summed E-state index contributed by atoms with van der Waals surface area (Å²) in [6.07, 6.45) is -4.26. The van der Waals surface area contributed by atoms with Gasteiger partial charge in [0.2, 0.25) is 6.29 Å². The zero-order valence-corrected chi connectivity index (χ0v) is 31.4. The quantitative estimate of drug-likeness (QED) is 0.196. The lowest BCUT2D eigenvalue weighted by Crippen LogP contribution is -2.65. The molecular weight excluding hydrogens is 639 g/mol. The van der Waals surface area contributed by atoms with Crippen LogP contribution in [0.3, 0.4) is 0 Å². The van der Waals surface area contributed by atoms with Crippen molar-refractivity contribution >= 4 is 25.0 Å². The summed E-state index contributed by atoms with van der Waals surface area (Å²) in [6.45, 7) is 19.3. The summed E-state index contributed by atoms with van der Waals surface area (Å²) < 4.78 is 44.1. The third-order valence-electron chi connectivity index (χ3n) is 6.50. The number of hydrogen-bond acceptors (Lipinski definition) is 11. The van der Waals surface area contributed by atoms with E-state index < -0.39 is 55.7 Å². The molecule has 1 aliphatic rings. The molecule has 0 radical (unpaired) electrons. The predicted molar refractivity (Wildman–Crippen MR) is 182 cm³/mol. The second-order valence-electron chi connectivity index (χ2n) is 14.2. The Morgan fingerprint density at radius 1 is 0.630 bits per heavy atom. The van der Waals surface area contributed by atoms with Gasteiger partial charge in [-0.1, -0.05) is 60.7 Å². The second-order valence-corrected chi connectivity index (χ2v) is 27.6. The summed E-state index contributed by atoms with van der Waals surface area (Å²) in [5, 5.41) is 11.6. The van der Waals surface area contributed by atoms with Crippen LogP contribution >= 0.6 is 0 Å².